The molecular weight excluding hydrogens is 312 g/mol. The summed E-state index contributed by atoms with van der Waals surface area (Å²) < 4.78 is 0. The Morgan fingerprint density at radius 2 is 1.83 bits per heavy atom. The SMILES string of the molecule is CCCNC(=O)CCN=C(NCC)NCCc1ccc(Cl)cc1. The fourth-order valence-corrected chi connectivity index (χ4v) is 2.07. The predicted octanol–water partition coefficient (Wildman–Crippen LogP) is 2.35. The standard InChI is InChI=1S/C17H27ClN4O/c1-3-11-20-16(23)10-13-22-17(19-4-2)21-12-9-14-5-7-15(18)8-6-14/h5-8H,3-4,9-13H2,1-2H3,(H,20,23)(H2,19,21,22). The molecule has 0 aliphatic heterocycles. The maximum atomic E-state index is 11.5. The molecule has 1 aromatic rings. The molecule has 0 saturated heterocycles. The average molecular weight is 339 g/mol. The maximum absolute atomic E-state index is 11.5. The molecule has 1 rings (SSSR count). The lowest BCUT2D eigenvalue weighted by molar-refractivity contribution is -0.120. The Hall–Kier alpha value is -1.75. The highest BCUT2D eigenvalue weighted by Crippen LogP contribution is 2.09. The minimum Gasteiger partial charge on any atom is -0.357 e. The van der Waals surface area contributed by atoms with E-state index in [1.54, 1.807) is 0 Å². The Labute approximate surface area is 143 Å². The molecule has 1 aromatic carbocycles. The van der Waals surface area contributed by atoms with Gasteiger partial charge in [-0.2, -0.15) is 0 Å². The number of hydrogen-bond acceptors (Lipinski definition) is 2. The lowest BCUT2D eigenvalue weighted by Crippen LogP contribution is -2.38. The molecule has 128 valence electrons. The molecular formula is C17H27ClN4O. The van der Waals surface area contributed by atoms with Crippen LogP contribution in [0.15, 0.2) is 29.3 Å². The fraction of sp³-hybridized carbons (Fsp3) is 0.529. The molecule has 0 aliphatic rings. The van der Waals surface area contributed by atoms with Gasteiger partial charge in [0.05, 0.1) is 6.54 Å². The molecule has 23 heavy (non-hydrogen) atoms. The third kappa shape index (κ3) is 9.08. The van der Waals surface area contributed by atoms with Crippen LogP contribution in [0, 0.1) is 0 Å². The van der Waals surface area contributed by atoms with Gasteiger partial charge in [0.25, 0.3) is 0 Å². The van der Waals surface area contributed by atoms with Crippen molar-refractivity contribution in [3.05, 3.63) is 34.9 Å². The third-order valence-electron chi connectivity index (χ3n) is 3.14. The highest BCUT2D eigenvalue weighted by Gasteiger charge is 2.01. The number of guanidine groups is 1. The van der Waals surface area contributed by atoms with E-state index in [1.165, 1.54) is 5.56 Å². The lowest BCUT2D eigenvalue weighted by Gasteiger charge is -2.11. The molecule has 0 unspecified atom stereocenters. The van der Waals surface area contributed by atoms with Crippen LogP contribution in [0.1, 0.15) is 32.3 Å². The monoisotopic (exact) mass is 338 g/mol. The molecule has 0 atom stereocenters. The molecule has 3 N–H and O–H groups in total. The van der Waals surface area contributed by atoms with Crippen LogP contribution in [0.4, 0.5) is 0 Å². The van der Waals surface area contributed by atoms with Crippen LogP contribution >= 0.6 is 11.6 Å². The minimum absolute atomic E-state index is 0.0487. The van der Waals surface area contributed by atoms with Gasteiger partial charge >= 0.3 is 0 Å². The second-order valence-corrected chi connectivity index (χ2v) is 5.60. The molecule has 1 amide bonds. The zero-order valence-corrected chi connectivity index (χ0v) is 14.7. The number of halogens is 1. The summed E-state index contributed by atoms with van der Waals surface area (Å²) in [4.78, 5) is 16.0. The van der Waals surface area contributed by atoms with Crippen LogP contribution in [0.2, 0.25) is 5.02 Å². The molecule has 0 aliphatic carbocycles. The Balaban J connectivity index is 2.34. The van der Waals surface area contributed by atoms with E-state index in [2.05, 4.69) is 20.9 Å². The first-order valence-electron chi connectivity index (χ1n) is 8.19. The van der Waals surface area contributed by atoms with Crippen molar-refractivity contribution >= 4 is 23.5 Å². The van der Waals surface area contributed by atoms with Crippen molar-refractivity contribution in [2.24, 2.45) is 4.99 Å². The number of rotatable bonds is 9. The number of carbonyl (C=O) groups is 1. The van der Waals surface area contributed by atoms with Crippen molar-refractivity contribution in [1.82, 2.24) is 16.0 Å². The van der Waals surface area contributed by atoms with Gasteiger partial charge in [0.1, 0.15) is 0 Å². The molecule has 5 nitrogen and oxygen atoms in total. The number of aliphatic imine (C=N–C) groups is 1. The summed E-state index contributed by atoms with van der Waals surface area (Å²) in [6, 6.07) is 7.83. The summed E-state index contributed by atoms with van der Waals surface area (Å²) in [6.07, 6.45) is 2.25. The van der Waals surface area contributed by atoms with E-state index in [-0.39, 0.29) is 5.91 Å². The van der Waals surface area contributed by atoms with Crippen LogP contribution in [-0.2, 0) is 11.2 Å². The van der Waals surface area contributed by atoms with Gasteiger partial charge in [-0.05, 0) is 37.5 Å². The van der Waals surface area contributed by atoms with Crippen molar-refractivity contribution in [2.45, 2.75) is 33.1 Å². The second-order valence-electron chi connectivity index (χ2n) is 5.16. The van der Waals surface area contributed by atoms with Crippen LogP contribution in [0.3, 0.4) is 0 Å². The maximum Gasteiger partial charge on any atom is 0.221 e. The number of amides is 1. The number of hydrogen-bond donors (Lipinski definition) is 3. The first-order valence-corrected chi connectivity index (χ1v) is 8.56. The van der Waals surface area contributed by atoms with E-state index >= 15 is 0 Å². The summed E-state index contributed by atoms with van der Waals surface area (Å²) >= 11 is 5.87. The Morgan fingerprint density at radius 1 is 1.09 bits per heavy atom. The smallest absolute Gasteiger partial charge is 0.221 e. The first-order chi connectivity index (χ1) is 11.2. The molecule has 0 heterocycles. The number of nitrogens with zero attached hydrogens (tertiary/aromatic N) is 1. The van der Waals surface area contributed by atoms with E-state index < -0.39 is 0 Å². The molecule has 0 spiro atoms. The molecule has 0 saturated carbocycles. The zero-order valence-electron chi connectivity index (χ0n) is 14.0. The van der Waals surface area contributed by atoms with Crippen LogP contribution in [0.5, 0.6) is 0 Å². The second kappa shape index (κ2) is 11.8. The van der Waals surface area contributed by atoms with Crippen molar-refractivity contribution < 1.29 is 4.79 Å². The van der Waals surface area contributed by atoms with Gasteiger partial charge < -0.3 is 16.0 Å². The summed E-state index contributed by atoms with van der Waals surface area (Å²) in [5.41, 5.74) is 1.22. The minimum atomic E-state index is 0.0487. The van der Waals surface area contributed by atoms with Gasteiger partial charge in [-0.3, -0.25) is 9.79 Å². The van der Waals surface area contributed by atoms with Gasteiger partial charge in [-0.15, -0.1) is 0 Å². The fourth-order valence-electron chi connectivity index (χ4n) is 1.94. The molecule has 0 aromatic heterocycles. The first kappa shape index (κ1) is 19.3. The highest BCUT2D eigenvalue weighted by atomic mass is 35.5. The predicted molar refractivity (Wildman–Crippen MR) is 97.1 cm³/mol. The van der Waals surface area contributed by atoms with E-state index in [0.29, 0.717) is 13.0 Å². The van der Waals surface area contributed by atoms with Gasteiger partial charge in [-0.1, -0.05) is 30.7 Å². The van der Waals surface area contributed by atoms with E-state index in [0.717, 1.165) is 43.5 Å². The van der Waals surface area contributed by atoms with Crippen molar-refractivity contribution in [3.8, 4) is 0 Å². The molecule has 0 radical (unpaired) electrons. The van der Waals surface area contributed by atoms with E-state index in [1.807, 2.05) is 38.1 Å². The summed E-state index contributed by atoms with van der Waals surface area (Å²) in [5.74, 6) is 0.789. The third-order valence-corrected chi connectivity index (χ3v) is 3.40. The largest absolute Gasteiger partial charge is 0.357 e. The number of nitrogens with one attached hydrogen (secondary N) is 3. The van der Waals surface area contributed by atoms with Crippen LogP contribution < -0.4 is 16.0 Å². The van der Waals surface area contributed by atoms with Gasteiger partial charge in [0.2, 0.25) is 5.91 Å². The topological polar surface area (TPSA) is 65.5 Å². The van der Waals surface area contributed by atoms with E-state index in [9.17, 15) is 4.79 Å². The summed E-state index contributed by atoms with van der Waals surface area (Å²) in [7, 11) is 0. The van der Waals surface area contributed by atoms with Crippen LogP contribution in [-0.4, -0.2) is 38.0 Å². The molecule has 0 fully saturated rings. The Kier molecular flexibility index (Phi) is 9.87. The summed E-state index contributed by atoms with van der Waals surface area (Å²) in [6.45, 7) is 6.81. The van der Waals surface area contributed by atoms with Crippen molar-refractivity contribution in [1.29, 1.82) is 0 Å². The molecule has 6 heteroatoms. The number of carbonyl (C=O) groups excluding carboxylic acids is 1. The van der Waals surface area contributed by atoms with Gasteiger partial charge in [-0.25, -0.2) is 0 Å². The van der Waals surface area contributed by atoms with Crippen LogP contribution in [0.25, 0.3) is 0 Å². The Morgan fingerprint density at radius 3 is 2.48 bits per heavy atom. The highest BCUT2D eigenvalue weighted by molar-refractivity contribution is 6.30. The zero-order chi connectivity index (χ0) is 16.9. The van der Waals surface area contributed by atoms with Gasteiger partial charge in [0, 0.05) is 31.1 Å². The molecule has 0 bridgehead atoms. The number of benzene rings is 1. The average Bonchev–Trinajstić information content (AvgIpc) is 2.54. The van der Waals surface area contributed by atoms with Crippen molar-refractivity contribution in [2.75, 3.05) is 26.2 Å². The van der Waals surface area contributed by atoms with E-state index in [4.69, 9.17) is 11.6 Å². The Bertz CT molecular complexity index is 488. The normalized spacial score (nSPS) is 11.2. The lowest BCUT2D eigenvalue weighted by atomic mass is 10.1. The van der Waals surface area contributed by atoms with Crippen molar-refractivity contribution in [3.63, 3.8) is 0 Å². The quantitative estimate of drug-likeness (QED) is 0.478. The van der Waals surface area contributed by atoms with Gasteiger partial charge in [0.15, 0.2) is 5.96 Å². The summed E-state index contributed by atoms with van der Waals surface area (Å²) in [5, 5.41) is 10.1.